The molecule has 5 rings (SSSR count). The normalized spacial score (nSPS) is 15.8. The van der Waals surface area contributed by atoms with Gasteiger partial charge >= 0.3 is 0 Å². The summed E-state index contributed by atoms with van der Waals surface area (Å²) in [5.74, 6) is 1.19. The molecule has 4 aromatic rings. The van der Waals surface area contributed by atoms with Gasteiger partial charge in [0.1, 0.15) is 18.1 Å². The van der Waals surface area contributed by atoms with Crippen LogP contribution in [0.3, 0.4) is 0 Å². The lowest BCUT2D eigenvalue weighted by Gasteiger charge is -2.09. The van der Waals surface area contributed by atoms with Crippen molar-refractivity contribution in [3.8, 4) is 5.75 Å². The molecule has 0 unspecified atom stereocenters. The maximum Gasteiger partial charge on any atom is 0.266 e. The number of ether oxygens (including phenoxy) is 1. The van der Waals surface area contributed by atoms with Gasteiger partial charge in [0.2, 0.25) is 5.91 Å². The van der Waals surface area contributed by atoms with E-state index >= 15 is 0 Å². The number of carbonyl (C=O) groups excluding carboxylic acids is 2. The number of furan rings is 1. The third-order valence-electron chi connectivity index (χ3n) is 6.20. The van der Waals surface area contributed by atoms with Gasteiger partial charge < -0.3 is 19.0 Å². The van der Waals surface area contributed by atoms with E-state index in [1.54, 1.807) is 31.4 Å². The molecule has 188 valence electrons. The van der Waals surface area contributed by atoms with E-state index in [0.717, 1.165) is 33.6 Å². The van der Waals surface area contributed by atoms with Crippen molar-refractivity contribution in [2.45, 2.75) is 20.0 Å². The number of hydrogen-bond acceptors (Lipinski definition) is 6. The van der Waals surface area contributed by atoms with Crippen LogP contribution in [-0.4, -0.2) is 40.6 Å². The number of amidine groups is 1. The lowest BCUT2D eigenvalue weighted by molar-refractivity contribution is -0.122. The number of nitrogens with zero attached hydrogens (tertiary/aromatic N) is 3. The molecule has 37 heavy (non-hydrogen) atoms. The maximum atomic E-state index is 13.1. The van der Waals surface area contributed by atoms with E-state index in [1.807, 2.05) is 72.2 Å². The third-order valence-corrected chi connectivity index (χ3v) is 7.26. The summed E-state index contributed by atoms with van der Waals surface area (Å²) in [6.07, 6.45) is 3.48. The molecule has 2 amide bonds. The SMILES string of the molecule is COc1ccc(N=C2SC(=Cc3c(C)n(CC(=O)NCc4ccco4)c4ccccc34)C(=O)N2C)cc1. The minimum Gasteiger partial charge on any atom is -0.497 e. The first-order valence-electron chi connectivity index (χ1n) is 11.7. The molecule has 0 bridgehead atoms. The first-order chi connectivity index (χ1) is 17.9. The van der Waals surface area contributed by atoms with E-state index in [1.165, 1.54) is 11.8 Å². The largest absolute Gasteiger partial charge is 0.497 e. The molecule has 2 aromatic carbocycles. The number of aromatic nitrogens is 1. The molecule has 9 heteroatoms. The second-order valence-corrected chi connectivity index (χ2v) is 9.53. The monoisotopic (exact) mass is 514 g/mol. The van der Waals surface area contributed by atoms with Crippen molar-refractivity contribution >= 4 is 51.4 Å². The number of carbonyl (C=O) groups is 2. The minimum absolute atomic E-state index is 0.121. The predicted molar refractivity (Wildman–Crippen MR) is 146 cm³/mol. The Bertz CT molecular complexity index is 1520. The van der Waals surface area contributed by atoms with Gasteiger partial charge in [0.15, 0.2) is 5.17 Å². The van der Waals surface area contributed by atoms with Crippen molar-refractivity contribution in [1.29, 1.82) is 0 Å². The van der Waals surface area contributed by atoms with E-state index in [2.05, 4.69) is 10.3 Å². The average molecular weight is 515 g/mol. The van der Waals surface area contributed by atoms with Crippen LogP contribution in [-0.2, 0) is 22.7 Å². The van der Waals surface area contributed by atoms with Crippen LogP contribution >= 0.6 is 11.8 Å². The van der Waals surface area contributed by atoms with Gasteiger partial charge in [-0.3, -0.25) is 14.5 Å². The Labute approximate surface area is 218 Å². The fraction of sp³-hybridized carbons (Fsp3) is 0.179. The Balaban J connectivity index is 1.43. The fourth-order valence-electron chi connectivity index (χ4n) is 4.19. The van der Waals surface area contributed by atoms with Gasteiger partial charge in [0.25, 0.3) is 5.91 Å². The van der Waals surface area contributed by atoms with Crippen molar-refractivity contribution in [1.82, 2.24) is 14.8 Å². The number of rotatable bonds is 7. The zero-order valence-electron chi connectivity index (χ0n) is 20.7. The molecule has 0 saturated carbocycles. The molecule has 2 aromatic heterocycles. The van der Waals surface area contributed by atoms with Gasteiger partial charge in [-0.2, -0.15) is 0 Å². The summed E-state index contributed by atoms with van der Waals surface area (Å²) in [6, 6.07) is 18.9. The van der Waals surface area contributed by atoms with Crippen LogP contribution in [0.25, 0.3) is 17.0 Å². The second kappa shape index (κ2) is 10.4. The molecule has 8 nitrogen and oxygen atoms in total. The molecule has 3 heterocycles. The summed E-state index contributed by atoms with van der Waals surface area (Å²) in [5, 5.41) is 4.47. The maximum absolute atomic E-state index is 13.1. The lowest BCUT2D eigenvalue weighted by Crippen LogP contribution is -2.27. The standard InChI is InChI=1S/C28H26N4O4S/c1-18-23(15-25-27(34)31(2)28(37-25)30-19-10-12-20(35-3)13-11-19)22-8-4-5-9-24(22)32(18)17-26(33)29-16-21-7-6-14-36-21/h4-15H,16-17H2,1-3H3,(H,29,33). The number of fused-ring (bicyclic) bond motifs is 1. The number of benzene rings is 2. The van der Waals surface area contributed by atoms with Crippen molar-refractivity contribution in [2.24, 2.45) is 4.99 Å². The first-order valence-corrected chi connectivity index (χ1v) is 12.5. The molecular weight excluding hydrogens is 488 g/mol. The molecule has 1 saturated heterocycles. The van der Waals surface area contributed by atoms with Crippen LogP contribution in [0.1, 0.15) is 17.0 Å². The van der Waals surface area contributed by atoms with Gasteiger partial charge in [-0.25, -0.2) is 4.99 Å². The average Bonchev–Trinajstić information content (AvgIpc) is 3.60. The molecule has 1 aliphatic rings. The van der Waals surface area contributed by atoms with Crippen molar-refractivity contribution in [3.63, 3.8) is 0 Å². The molecule has 1 N–H and O–H groups in total. The summed E-state index contributed by atoms with van der Waals surface area (Å²) < 4.78 is 12.5. The highest BCUT2D eigenvalue weighted by Gasteiger charge is 2.31. The topological polar surface area (TPSA) is 89.1 Å². The number of likely N-dealkylation sites (N-methyl/N-ethyl adjacent to an activating group) is 1. The van der Waals surface area contributed by atoms with Gasteiger partial charge in [0.05, 0.1) is 30.5 Å². The van der Waals surface area contributed by atoms with E-state index in [9.17, 15) is 9.59 Å². The Kier molecular flexibility index (Phi) is 6.87. The Morgan fingerprint density at radius 3 is 2.65 bits per heavy atom. The predicted octanol–water partition coefficient (Wildman–Crippen LogP) is 5.10. The number of thioether (sulfide) groups is 1. The Morgan fingerprint density at radius 1 is 1.14 bits per heavy atom. The number of para-hydroxylation sites is 1. The zero-order chi connectivity index (χ0) is 25.9. The van der Waals surface area contributed by atoms with Gasteiger partial charge in [0, 0.05) is 29.2 Å². The molecule has 0 atom stereocenters. The van der Waals surface area contributed by atoms with Crippen LogP contribution in [0.4, 0.5) is 5.69 Å². The van der Waals surface area contributed by atoms with Gasteiger partial charge in [-0.1, -0.05) is 18.2 Å². The summed E-state index contributed by atoms with van der Waals surface area (Å²) in [4.78, 5) is 32.6. The van der Waals surface area contributed by atoms with E-state index < -0.39 is 0 Å². The highest BCUT2D eigenvalue weighted by atomic mass is 32.2. The molecule has 0 aliphatic carbocycles. The van der Waals surface area contributed by atoms with Crippen LogP contribution in [0.15, 0.2) is 81.2 Å². The third kappa shape index (κ3) is 5.03. The Morgan fingerprint density at radius 2 is 1.92 bits per heavy atom. The first kappa shape index (κ1) is 24.5. The number of aliphatic imine (C=N–C) groups is 1. The summed E-state index contributed by atoms with van der Waals surface area (Å²) in [7, 11) is 3.33. The molecule has 1 fully saturated rings. The van der Waals surface area contributed by atoms with Crippen molar-refractivity contribution in [3.05, 3.63) is 88.8 Å². The van der Waals surface area contributed by atoms with Crippen LogP contribution in [0.5, 0.6) is 5.75 Å². The number of amides is 2. The highest BCUT2D eigenvalue weighted by Crippen LogP contribution is 2.36. The van der Waals surface area contributed by atoms with Gasteiger partial charge in [-0.05, 0) is 67.2 Å². The van der Waals surface area contributed by atoms with Crippen LogP contribution in [0.2, 0.25) is 0 Å². The Hall–Kier alpha value is -4.24. The molecule has 0 radical (unpaired) electrons. The summed E-state index contributed by atoms with van der Waals surface area (Å²) >= 11 is 1.33. The molecule has 0 spiro atoms. The number of nitrogens with one attached hydrogen (secondary N) is 1. The van der Waals surface area contributed by atoms with E-state index in [4.69, 9.17) is 9.15 Å². The number of methoxy groups -OCH3 is 1. The highest BCUT2D eigenvalue weighted by molar-refractivity contribution is 8.18. The van der Waals surface area contributed by atoms with Crippen LogP contribution < -0.4 is 10.1 Å². The lowest BCUT2D eigenvalue weighted by atomic mass is 10.1. The summed E-state index contributed by atoms with van der Waals surface area (Å²) in [5.41, 5.74) is 3.47. The minimum atomic E-state index is -0.126. The smallest absolute Gasteiger partial charge is 0.266 e. The molecule has 1 aliphatic heterocycles. The van der Waals surface area contributed by atoms with Gasteiger partial charge in [-0.15, -0.1) is 0 Å². The second-order valence-electron chi connectivity index (χ2n) is 8.53. The van der Waals surface area contributed by atoms with Crippen molar-refractivity contribution < 1.29 is 18.7 Å². The number of hydrogen-bond donors (Lipinski definition) is 1. The fourth-order valence-corrected chi connectivity index (χ4v) is 5.16. The molecular formula is C28H26N4O4S. The van der Waals surface area contributed by atoms with E-state index in [-0.39, 0.29) is 18.4 Å². The summed E-state index contributed by atoms with van der Waals surface area (Å²) in [6.45, 7) is 2.45. The van der Waals surface area contributed by atoms with Crippen molar-refractivity contribution in [2.75, 3.05) is 14.2 Å². The quantitative estimate of drug-likeness (QED) is 0.347. The zero-order valence-corrected chi connectivity index (χ0v) is 21.5. The van der Waals surface area contributed by atoms with Crippen LogP contribution in [0, 0.1) is 6.92 Å². The van der Waals surface area contributed by atoms with E-state index in [0.29, 0.717) is 22.4 Å².